The molecule has 0 saturated carbocycles. The zero-order valence-corrected chi connectivity index (χ0v) is 18.0. The number of ether oxygens (including phenoxy) is 1. The molecule has 0 aliphatic rings. The van der Waals surface area contributed by atoms with Crippen LogP contribution in [0.25, 0.3) is 6.08 Å². The summed E-state index contributed by atoms with van der Waals surface area (Å²) in [6.45, 7) is 6.46. The van der Waals surface area contributed by atoms with Crippen LogP contribution >= 0.6 is 0 Å². The van der Waals surface area contributed by atoms with Crippen LogP contribution in [0.3, 0.4) is 0 Å². The fourth-order valence-corrected chi connectivity index (χ4v) is 3.03. The van der Waals surface area contributed by atoms with Gasteiger partial charge >= 0.3 is 0 Å². The van der Waals surface area contributed by atoms with Gasteiger partial charge in [-0.15, -0.1) is 0 Å². The molecule has 0 spiro atoms. The minimum absolute atomic E-state index is 0.116. The van der Waals surface area contributed by atoms with Crippen molar-refractivity contribution in [3.8, 4) is 11.5 Å². The molecule has 0 bridgehead atoms. The number of phenols is 1. The van der Waals surface area contributed by atoms with Gasteiger partial charge in [0.15, 0.2) is 5.78 Å². The van der Waals surface area contributed by atoms with Gasteiger partial charge in [-0.1, -0.05) is 31.2 Å². The molecule has 0 radical (unpaired) electrons. The number of benzene rings is 2. The van der Waals surface area contributed by atoms with Crippen LogP contribution in [-0.4, -0.2) is 17.5 Å². The minimum atomic E-state index is -0.116. The molecule has 0 saturated heterocycles. The van der Waals surface area contributed by atoms with E-state index >= 15 is 0 Å². The molecular weight excluding hydrogens is 374 g/mol. The van der Waals surface area contributed by atoms with E-state index in [2.05, 4.69) is 0 Å². The van der Waals surface area contributed by atoms with Crippen molar-refractivity contribution in [1.29, 1.82) is 0 Å². The maximum atomic E-state index is 12.6. The third-order valence-electron chi connectivity index (χ3n) is 4.65. The average molecular weight is 406 g/mol. The lowest BCUT2D eigenvalue weighted by molar-refractivity contribution is 0.104. The van der Waals surface area contributed by atoms with E-state index in [4.69, 9.17) is 10.5 Å². The Labute approximate surface area is 179 Å². The Morgan fingerprint density at radius 3 is 2.40 bits per heavy atom. The Morgan fingerprint density at radius 1 is 1.10 bits per heavy atom. The number of nitrogen functional groups attached to an aromatic ring is 1. The van der Waals surface area contributed by atoms with Crippen molar-refractivity contribution >= 4 is 17.5 Å². The highest BCUT2D eigenvalue weighted by atomic mass is 16.5. The van der Waals surface area contributed by atoms with Gasteiger partial charge in [-0.2, -0.15) is 0 Å². The van der Waals surface area contributed by atoms with Gasteiger partial charge in [-0.05, 0) is 81.2 Å². The van der Waals surface area contributed by atoms with Crippen molar-refractivity contribution < 1.29 is 14.6 Å². The summed E-state index contributed by atoms with van der Waals surface area (Å²) in [5.41, 5.74) is 9.21. The molecule has 158 valence electrons. The van der Waals surface area contributed by atoms with Crippen molar-refractivity contribution in [3.63, 3.8) is 0 Å². The maximum absolute atomic E-state index is 12.6. The van der Waals surface area contributed by atoms with Gasteiger partial charge in [0.05, 0.1) is 6.61 Å². The molecule has 4 heteroatoms. The fraction of sp³-hybridized carbons (Fsp3) is 0.269. The third kappa shape index (κ3) is 6.11. The summed E-state index contributed by atoms with van der Waals surface area (Å²) in [6.07, 6.45) is 13.2. The molecule has 2 rings (SSSR count). The van der Waals surface area contributed by atoms with Crippen LogP contribution in [0, 0.1) is 0 Å². The van der Waals surface area contributed by atoms with Crippen LogP contribution in [0.4, 0.5) is 5.69 Å². The SMILES string of the molecule is C/C=C/Cc1cc(/C=C/C(=O)c2ccc(N)cc2)c(OCCC)c(C/C=C/C)c1O. The molecule has 2 aromatic rings. The normalized spacial score (nSPS) is 11.7. The standard InChI is InChI=1S/C26H31NO3/c1-4-7-9-20-18-21(13-16-24(28)19-11-14-22(27)15-12-19)26(30-17-6-3)23(25(20)29)10-8-5-2/h4-5,7-8,11-16,18,29H,6,9-10,17,27H2,1-3H3/b7-4+,8-5+,16-13+. The topological polar surface area (TPSA) is 72.6 Å². The second-order valence-corrected chi connectivity index (χ2v) is 7.00. The van der Waals surface area contributed by atoms with E-state index in [0.29, 0.717) is 36.4 Å². The number of allylic oxidation sites excluding steroid dienone is 5. The number of hydrogen-bond acceptors (Lipinski definition) is 4. The van der Waals surface area contributed by atoms with Gasteiger partial charge in [-0.3, -0.25) is 4.79 Å². The highest BCUT2D eigenvalue weighted by Crippen LogP contribution is 2.37. The Bertz CT molecular complexity index is 938. The first kappa shape index (κ1) is 23.0. The van der Waals surface area contributed by atoms with Crippen LogP contribution in [0.2, 0.25) is 0 Å². The predicted molar refractivity (Wildman–Crippen MR) is 125 cm³/mol. The Balaban J connectivity index is 2.52. The summed E-state index contributed by atoms with van der Waals surface area (Å²) in [7, 11) is 0. The van der Waals surface area contributed by atoms with Crippen LogP contribution in [-0.2, 0) is 12.8 Å². The first-order valence-electron chi connectivity index (χ1n) is 10.3. The molecule has 30 heavy (non-hydrogen) atoms. The van der Waals surface area contributed by atoms with E-state index in [1.54, 1.807) is 30.3 Å². The van der Waals surface area contributed by atoms with Gasteiger partial charge in [0, 0.05) is 22.4 Å². The molecule has 0 atom stereocenters. The molecular formula is C26H31NO3. The number of aromatic hydroxyl groups is 1. The van der Waals surface area contributed by atoms with E-state index in [1.807, 2.05) is 51.1 Å². The molecule has 0 aliphatic carbocycles. The average Bonchev–Trinajstić information content (AvgIpc) is 2.75. The number of rotatable bonds is 10. The van der Waals surface area contributed by atoms with Crippen LogP contribution < -0.4 is 10.5 Å². The molecule has 0 heterocycles. The quantitative estimate of drug-likeness (QED) is 0.223. The first-order valence-corrected chi connectivity index (χ1v) is 10.3. The van der Waals surface area contributed by atoms with Gasteiger partial charge in [-0.25, -0.2) is 0 Å². The van der Waals surface area contributed by atoms with Crippen molar-refractivity contribution in [3.05, 3.63) is 83.0 Å². The fourth-order valence-electron chi connectivity index (χ4n) is 3.03. The monoisotopic (exact) mass is 405 g/mol. The van der Waals surface area contributed by atoms with Gasteiger partial charge < -0.3 is 15.6 Å². The van der Waals surface area contributed by atoms with E-state index in [0.717, 1.165) is 23.1 Å². The van der Waals surface area contributed by atoms with Crippen LogP contribution in [0.15, 0.2) is 60.7 Å². The van der Waals surface area contributed by atoms with Crippen molar-refractivity contribution in [2.75, 3.05) is 12.3 Å². The number of anilines is 1. The Morgan fingerprint density at radius 2 is 1.77 bits per heavy atom. The molecule has 0 aliphatic heterocycles. The lowest BCUT2D eigenvalue weighted by atomic mass is 9.96. The van der Waals surface area contributed by atoms with Crippen molar-refractivity contribution in [2.45, 2.75) is 40.0 Å². The molecule has 0 unspecified atom stereocenters. The smallest absolute Gasteiger partial charge is 0.185 e. The second-order valence-electron chi connectivity index (χ2n) is 7.00. The lowest BCUT2D eigenvalue weighted by Gasteiger charge is -2.17. The maximum Gasteiger partial charge on any atom is 0.185 e. The largest absolute Gasteiger partial charge is 0.507 e. The number of hydrogen-bond donors (Lipinski definition) is 2. The van der Waals surface area contributed by atoms with E-state index in [-0.39, 0.29) is 11.5 Å². The first-order chi connectivity index (χ1) is 14.5. The third-order valence-corrected chi connectivity index (χ3v) is 4.65. The zero-order chi connectivity index (χ0) is 21.9. The summed E-state index contributed by atoms with van der Waals surface area (Å²) in [4.78, 5) is 12.6. The second kappa shape index (κ2) is 11.7. The zero-order valence-electron chi connectivity index (χ0n) is 18.0. The summed E-state index contributed by atoms with van der Waals surface area (Å²) < 4.78 is 6.02. The minimum Gasteiger partial charge on any atom is -0.507 e. The molecule has 3 N–H and O–H groups in total. The number of phenolic OH excluding ortho intramolecular Hbond substituents is 1. The number of carbonyl (C=O) groups is 1. The number of carbonyl (C=O) groups excluding carboxylic acids is 1. The van der Waals surface area contributed by atoms with Gasteiger partial charge in [0.2, 0.25) is 0 Å². The highest BCUT2D eigenvalue weighted by Gasteiger charge is 2.17. The summed E-state index contributed by atoms with van der Waals surface area (Å²) in [5.74, 6) is 0.756. The summed E-state index contributed by atoms with van der Waals surface area (Å²) in [5, 5.41) is 10.9. The van der Waals surface area contributed by atoms with E-state index in [1.165, 1.54) is 6.08 Å². The number of nitrogens with two attached hydrogens (primary N) is 1. The predicted octanol–water partition coefficient (Wildman–Crippen LogP) is 5.90. The summed E-state index contributed by atoms with van der Waals surface area (Å²) in [6, 6.07) is 8.74. The summed E-state index contributed by atoms with van der Waals surface area (Å²) >= 11 is 0. The van der Waals surface area contributed by atoms with Crippen molar-refractivity contribution in [1.82, 2.24) is 0 Å². The number of ketones is 1. The molecule has 2 aromatic carbocycles. The Hall–Kier alpha value is -3.27. The van der Waals surface area contributed by atoms with Crippen LogP contribution in [0.5, 0.6) is 11.5 Å². The van der Waals surface area contributed by atoms with Gasteiger partial charge in [0.25, 0.3) is 0 Å². The molecule has 0 aromatic heterocycles. The van der Waals surface area contributed by atoms with Gasteiger partial charge in [0.1, 0.15) is 11.5 Å². The Kier molecular flexibility index (Phi) is 8.95. The van der Waals surface area contributed by atoms with Crippen LogP contribution in [0.1, 0.15) is 54.2 Å². The lowest BCUT2D eigenvalue weighted by Crippen LogP contribution is -2.03. The van der Waals surface area contributed by atoms with Crippen molar-refractivity contribution in [2.24, 2.45) is 0 Å². The highest BCUT2D eigenvalue weighted by molar-refractivity contribution is 6.07. The van der Waals surface area contributed by atoms with E-state index in [9.17, 15) is 9.90 Å². The molecule has 0 amide bonds. The molecule has 4 nitrogen and oxygen atoms in total. The molecule has 0 fully saturated rings. The van der Waals surface area contributed by atoms with E-state index < -0.39 is 0 Å².